The summed E-state index contributed by atoms with van der Waals surface area (Å²) in [6.45, 7) is 0.410. The molecule has 3 rings (SSSR count). The number of pyridine rings is 2. The lowest BCUT2D eigenvalue weighted by atomic mass is 10.4. The number of ether oxygens (including phenoxy) is 1. The van der Waals surface area contributed by atoms with Crippen molar-refractivity contribution in [1.29, 1.82) is 0 Å². The van der Waals surface area contributed by atoms with Crippen molar-refractivity contribution in [3.05, 3.63) is 54.7 Å². The molecule has 0 amide bonds. The van der Waals surface area contributed by atoms with E-state index in [1.807, 2.05) is 41.1 Å². The van der Waals surface area contributed by atoms with Crippen molar-refractivity contribution in [2.24, 2.45) is 0 Å². The van der Waals surface area contributed by atoms with Crippen molar-refractivity contribution in [2.75, 3.05) is 5.73 Å². The number of rotatable bonds is 3. The van der Waals surface area contributed by atoms with Crippen LogP contribution in [0.15, 0.2) is 49.1 Å². The molecule has 0 saturated heterocycles. The van der Waals surface area contributed by atoms with E-state index in [-0.39, 0.29) is 0 Å². The summed E-state index contributed by atoms with van der Waals surface area (Å²) in [5.41, 5.74) is 8.08. The van der Waals surface area contributed by atoms with Gasteiger partial charge in [-0.1, -0.05) is 0 Å². The second-order valence-electron chi connectivity index (χ2n) is 3.94. The van der Waals surface area contributed by atoms with Crippen LogP contribution >= 0.6 is 0 Å². The fourth-order valence-electron chi connectivity index (χ4n) is 1.71. The zero-order valence-electron chi connectivity index (χ0n) is 9.65. The molecule has 0 saturated carbocycles. The second kappa shape index (κ2) is 4.37. The smallest absolute Gasteiger partial charge is 0.139 e. The maximum atomic E-state index is 5.71. The minimum Gasteiger partial charge on any atom is -0.486 e. The Morgan fingerprint density at radius 2 is 2.28 bits per heavy atom. The van der Waals surface area contributed by atoms with Crippen molar-refractivity contribution in [2.45, 2.75) is 6.61 Å². The van der Waals surface area contributed by atoms with Crippen LogP contribution < -0.4 is 10.5 Å². The highest BCUT2D eigenvalue weighted by Crippen LogP contribution is 2.12. The molecule has 0 spiro atoms. The quantitative estimate of drug-likeness (QED) is 0.759. The number of aromatic nitrogens is 3. The Balaban J connectivity index is 1.79. The summed E-state index contributed by atoms with van der Waals surface area (Å²) >= 11 is 0. The first-order chi connectivity index (χ1) is 8.81. The van der Waals surface area contributed by atoms with Gasteiger partial charge in [0.2, 0.25) is 0 Å². The number of fused-ring (bicyclic) bond motifs is 1. The van der Waals surface area contributed by atoms with Gasteiger partial charge in [-0.15, -0.1) is 0 Å². The first kappa shape index (κ1) is 10.6. The third kappa shape index (κ3) is 2.10. The predicted octanol–water partition coefficient (Wildman–Crippen LogP) is 1.89. The number of nitrogens with zero attached hydrogens (tertiary/aromatic N) is 3. The SMILES string of the molecule is Nc1ccn2cc(COc3cccnc3)nc2c1. The minimum atomic E-state index is 0.410. The van der Waals surface area contributed by atoms with Gasteiger partial charge < -0.3 is 14.9 Å². The molecule has 5 nitrogen and oxygen atoms in total. The van der Waals surface area contributed by atoms with E-state index in [1.54, 1.807) is 12.4 Å². The Hall–Kier alpha value is -2.56. The standard InChI is InChI=1S/C13H12N4O/c14-10-3-5-17-8-11(16-13(17)6-10)9-18-12-2-1-4-15-7-12/h1-8H,9,14H2. The van der Waals surface area contributed by atoms with E-state index in [1.165, 1.54) is 0 Å². The summed E-state index contributed by atoms with van der Waals surface area (Å²) in [6, 6.07) is 7.36. The Morgan fingerprint density at radius 3 is 3.11 bits per heavy atom. The van der Waals surface area contributed by atoms with Gasteiger partial charge in [0.25, 0.3) is 0 Å². The Kier molecular flexibility index (Phi) is 2.57. The molecule has 18 heavy (non-hydrogen) atoms. The van der Waals surface area contributed by atoms with Crippen molar-refractivity contribution in [3.8, 4) is 5.75 Å². The first-order valence-electron chi connectivity index (χ1n) is 5.57. The van der Waals surface area contributed by atoms with Gasteiger partial charge in [-0.2, -0.15) is 0 Å². The molecule has 0 aliphatic heterocycles. The van der Waals surface area contributed by atoms with Crippen molar-refractivity contribution in [3.63, 3.8) is 0 Å². The Bertz CT molecular complexity index is 663. The molecule has 3 aromatic heterocycles. The van der Waals surface area contributed by atoms with Crippen LogP contribution in [0.1, 0.15) is 5.69 Å². The summed E-state index contributed by atoms with van der Waals surface area (Å²) < 4.78 is 7.50. The molecule has 2 N–H and O–H groups in total. The number of imidazole rings is 1. The average molecular weight is 240 g/mol. The van der Waals surface area contributed by atoms with Crippen LogP contribution in [-0.2, 0) is 6.61 Å². The molecule has 0 aromatic carbocycles. The van der Waals surface area contributed by atoms with Crippen LogP contribution in [0.4, 0.5) is 5.69 Å². The van der Waals surface area contributed by atoms with Crippen LogP contribution in [-0.4, -0.2) is 14.4 Å². The van der Waals surface area contributed by atoms with E-state index >= 15 is 0 Å². The van der Waals surface area contributed by atoms with Crippen LogP contribution in [0.25, 0.3) is 5.65 Å². The van der Waals surface area contributed by atoms with Crippen molar-refractivity contribution in [1.82, 2.24) is 14.4 Å². The van der Waals surface area contributed by atoms with Gasteiger partial charge in [-0.3, -0.25) is 4.98 Å². The molecule has 0 fully saturated rings. The number of nitrogens with two attached hydrogens (primary N) is 1. The fraction of sp³-hybridized carbons (Fsp3) is 0.0769. The van der Waals surface area contributed by atoms with Crippen LogP contribution in [0.2, 0.25) is 0 Å². The number of hydrogen-bond acceptors (Lipinski definition) is 4. The second-order valence-corrected chi connectivity index (χ2v) is 3.94. The zero-order valence-corrected chi connectivity index (χ0v) is 9.65. The summed E-state index contributed by atoms with van der Waals surface area (Å²) in [7, 11) is 0. The third-order valence-corrected chi connectivity index (χ3v) is 2.56. The van der Waals surface area contributed by atoms with E-state index in [2.05, 4.69) is 9.97 Å². The molecule has 90 valence electrons. The van der Waals surface area contributed by atoms with E-state index in [9.17, 15) is 0 Å². The molecule has 0 bridgehead atoms. The van der Waals surface area contributed by atoms with Gasteiger partial charge in [0.05, 0.1) is 11.9 Å². The summed E-state index contributed by atoms with van der Waals surface area (Å²) in [4.78, 5) is 8.41. The maximum Gasteiger partial charge on any atom is 0.139 e. The molecule has 0 radical (unpaired) electrons. The van der Waals surface area contributed by atoms with E-state index in [0.717, 1.165) is 17.1 Å². The summed E-state index contributed by atoms with van der Waals surface area (Å²) in [5, 5.41) is 0. The normalized spacial score (nSPS) is 10.7. The molecule has 3 heterocycles. The van der Waals surface area contributed by atoms with Crippen molar-refractivity contribution >= 4 is 11.3 Å². The van der Waals surface area contributed by atoms with Gasteiger partial charge in [0.15, 0.2) is 0 Å². The highest BCUT2D eigenvalue weighted by atomic mass is 16.5. The lowest BCUT2D eigenvalue weighted by Gasteiger charge is -2.01. The fourth-order valence-corrected chi connectivity index (χ4v) is 1.71. The van der Waals surface area contributed by atoms with Gasteiger partial charge >= 0.3 is 0 Å². The zero-order chi connectivity index (χ0) is 12.4. The van der Waals surface area contributed by atoms with Gasteiger partial charge in [0.1, 0.15) is 18.0 Å². The van der Waals surface area contributed by atoms with E-state index < -0.39 is 0 Å². The van der Waals surface area contributed by atoms with Crippen LogP contribution in [0.5, 0.6) is 5.75 Å². The molecule has 0 aliphatic rings. The monoisotopic (exact) mass is 240 g/mol. The van der Waals surface area contributed by atoms with Crippen LogP contribution in [0.3, 0.4) is 0 Å². The van der Waals surface area contributed by atoms with E-state index in [4.69, 9.17) is 10.5 Å². The number of hydrogen-bond donors (Lipinski definition) is 1. The van der Waals surface area contributed by atoms with Gasteiger partial charge in [-0.05, 0) is 18.2 Å². The number of nitrogen functional groups attached to an aromatic ring is 1. The lowest BCUT2D eigenvalue weighted by molar-refractivity contribution is 0.301. The van der Waals surface area contributed by atoms with E-state index in [0.29, 0.717) is 12.3 Å². The lowest BCUT2D eigenvalue weighted by Crippen LogP contribution is -1.95. The molecule has 0 atom stereocenters. The van der Waals surface area contributed by atoms with Gasteiger partial charge in [0, 0.05) is 30.3 Å². The third-order valence-electron chi connectivity index (χ3n) is 2.56. The molecule has 3 aromatic rings. The summed E-state index contributed by atoms with van der Waals surface area (Å²) in [5.74, 6) is 0.731. The number of anilines is 1. The van der Waals surface area contributed by atoms with Gasteiger partial charge in [-0.25, -0.2) is 4.98 Å². The van der Waals surface area contributed by atoms with Crippen LogP contribution in [0, 0.1) is 0 Å². The molecular weight excluding hydrogens is 228 g/mol. The molecule has 0 unspecified atom stereocenters. The molecule has 0 aliphatic carbocycles. The highest BCUT2D eigenvalue weighted by Gasteiger charge is 2.02. The minimum absolute atomic E-state index is 0.410. The Morgan fingerprint density at radius 1 is 1.33 bits per heavy atom. The largest absolute Gasteiger partial charge is 0.486 e. The Labute approximate surface area is 104 Å². The highest BCUT2D eigenvalue weighted by molar-refractivity contribution is 5.52. The van der Waals surface area contributed by atoms with Crippen molar-refractivity contribution < 1.29 is 4.74 Å². The summed E-state index contributed by atoms with van der Waals surface area (Å²) in [6.07, 6.45) is 7.19. The topological polar surface area (TPSA) is 65.4 Å². The predicted molar refractivity (Wildman–Crippen MR) is 68.2 cm³/mol. The maximum absolute atomic E-state index is 5.71. The molecule has 5 heteroatoms. The molecular formula is C13H12N4O. The first-order valence-corrected chi connectivity index (χ1v) is 5.57. The average Bonchev–Trinajstić information content (AvgIpc) is 2.79.